The van der Waals surface area contributed by atoms with E-state index in [1.54, 1.807) is 0 Å². The van der Waals surface area contributed by atoms with Crippen molar-refractivity contribution in [1.82, 2.24) is 15.2 Å². The first-order chi connectivity index (χ1) is 10.1. The Balaban J connectivity index is 2.18. The Kier molecular flexibility index (Phi) is 3.42. The Morgan fingerprint density at radius 2 is 2.05 bits per heavy atom. The average molecular weight is 292 g/mol. The lowest BCUT2D eigenvalue weighted by atomic mass is 9.95. The number of nitrogens with two attached hydrogens (primary N) is 1. The number of carbonyl (C=O) groups excluding carboxylic acids is 1. The summed E-state index contributed by atoms with van der Waals surface area (Å²) in [5, 5.41) is 4.19. The molecule has 1 aromatic carbocycles. The molecule has 3 N–H and O–H groups in total. The van der Waals surface area contributed by atoms with Crippen LogP contribution < -0.4 is 11.3 Å². The molecule has 0 aliphatic heterocycles. The number of rotatable bonds is 2. The van der Waals surface area contributed by atoms with Crippen molar-refractivity contribution in [2.45, 2.75) is 25.7 Å². The van der Waals surface area contributed by atoms with Gasteiger partial charge in [0.25, 0.3) is 5.91 Å². The number of hydrogen-bond donors (Lipinski definition) is 2. The molecule has 1 heterocycles. The van der Waals surface area contributed by atoms with Gasteiger partial charge in [0.1, 0.15) is 11.5 Å². The second-order valence-electron chi connectivity index (χ2n) is 4.96. The second kappa shape index (κ2) is 5.25. The maximum atomic E-state index is 14.0. The molecule has 1 aliphatic carbocycles. The highest BCUT2D eigenvalue weighted by molar-refractivity contribution is 5.93. The van der Waals surface area contributed by atoms with Crippen LogP contribution in [0.4, 0.5) is 8.78 Å². The standard InChI is InChI=1S/C14H14F2N4O/c15-8-5-6-12(10(16)7-8)20-11-4-2-1-3-9(11)13(19-20)14(21)18-17/h5-7H,1-4,17H2,(H,18,21). The van der Waals surface area contributed by atoms with Gasteiger partial charge >= 0.3 is 0 Å². The molecular formula is C14H14F2N4O. The van der Waals surface area contributed by atoms with Crippen molar-refractivity contribution in [1.29, 1.82) is 0 Å². The minimum absolute atomic E-state index is 0.130. The van der Waals surface area contributed by atoms with Crippen LogP contribution in [0.15, 0.2) is 18.2 Å². The van der Waals surface area contributed by atoms with Gasteiger partial charge in [0, 0.05) is 17.3 Å². The highest BCUT2D eigenvalue weighted by Crippen LogP contribution is 2.28. The zero-order valence-corrected chi connectivity index (χ0v) is 11.2. The predicted molar refractivity (Wildman–Crippen MR) is 71.8 cm³/mol. The predicted octanol–water partition coefficient (Wildman–Crippen LogP) is 1.63. The Bertz CT molecular complexity index is 711. The third-order valence-corrected chi connectivity index (χ3v) is 3.66. The van der Waals surface area contributed by atoms with Crippen LogP contribution >= 0.6 is 0 Å². The van der Waals surface area contributed by atoms with E-state index < -0.39 is 17.5 Å². The van der Waals surface area contributed by atoms with Gasteiger partial charge in [-0.15, -0.1) is 0 Å². The lowest BCUT2D eigenvalue weighted by molar-refractivity contribution is 0.0947. The molecule has 3 rings (SSSR count). The largest absolute Gasteiger partial charge is 0.289 e. The molecule has 0 unspecified atom stereocenters. The van der Waals surface area contributed by atoms with Crippen LogP contribution in [-0.4, -0.2) is 15.7 Å². The number of halogens is 2. The fourth-order valence-corrected chi connectivity index (χ4v) is 2.70. The van der Waals surface area contributed by atoms with Crippen LogP contribution in [0.25, 0.3) is 5.69 Å². The van der Waals surface area contributed by atoms with Crippen molar-refractivity contribution in [3.05, 3.63) is 46.8 Å². The summed E-state index contributed by atoms with van der Waals surface area (Å²) in [6.07, 6.45) is 3.26. The number of amides is 1. The van der Waals surface area contributed by atoms with Crippen molar-refractivity contribution >= 4 is 5.91 Å². The fraction of sp³-hybridized carbons (Fsp3) is 0.286. The lowest BCUT2D eigenvalue weighted by Gasteiger charge is -2.14. The number of hydrazine groups is 1. The molecule has 1 aromatic heterocycles. The van der Waals surface area contributed by atoms with Crippen LogP contribution in [0.3, 0.4) is 0 Å². The van der Waals surface area contributed by atoms with Crippen molar-refractivity contribution in [2.24, 2.45) is 5.84 Å². The zero-order chi connectivity index (χ0) is 15.0. The average Bonchev–Trinajstić information content (AvgIpc) is 2.86. The minimum atomic E-state index is -0.717. The monoisotopic (exact) mass is 292 g/mol. The first kappa shape index (κ1) is 13.7. The number of nitrogen functional groups attached to an aromatic ring is 1. The molecule has 0 spiro atoms. The number of nitrogens with one attached hydrogen (secondary N) is 1. The van der Waals surface area contributed by atoms with Crippen LogP contribution in [0.1, 0.15) is 34.6 Å². The smallest absolute Gasteiger partial charge is 0.285 e. The van der Waals surface area contributed by atoms with Gasteiger partial charge in [-0.2, -0.15) is 5.10 Å². The molecule has 0 saturated heterocycles. The summed E-state index contributed by atoms with van der Waals surface area (Å²) in [5.74, 6) is 3.28. The van der Waals surface area contributed by atoms with E-state index in [4.69, 9.17) is 5.84 Å². The topological polar surface area (TPSA) is 72.9 Å². The molecule has 5 nitrogen and oxygen atoms in total. The highest BCUT2D eigenvalue weighted by Gasteiger charge is 2.26. The van der Waals surface area contributed by atoms with Gasteiger partial charge in [0.2, 0.25) is 0 Å². The molecule has 0 fully saturated rings. The van der Waals surface area contributed by atoms with E-state index in [0.717, 1.165) is 36.2 Å². The number of fused-ring (bicyclic) bond motifs is 1. The van der Waals surface area contributed by atoms with Gasteiger partial charge in [-0.25, -0.2) is 19.3 Å². The molecule has 0 bridgehead atoms. The molecule has 1 amide bonds. The van der Waals surface area contributed by atoms with Gasteiger partial charge in [-0.3, -0.25) is 10.2 Å². The Hall–Kier alpha value is -2.28. The molecule has 110 valence electrons. The van der Waals surface area contributed by atoms with Crippen LogP contribution in [-0.2, 0) is 12.8 Å². The van der Waals surface area contributed by atoms with E-state index >= 15 is 0 Å². The molecule has 0 radical (unpaired) electrons. The summed E-state index contributed by atoms with van der Waals surface area (Å²) in [5.41, 5.74) is 3.95. The van der Waals surface area contributed by atoms with Crippen molar-refractivity contribution in [2.75, 3.05) is 0 Å². The summed E-state index contributed by atoms with van der Waals surface area (Å²) in [6, 6.07) is 3.28. The zero-order valence-electron chi connectivity index (χ0n) is 11.2. The van der Waals surface area contributed by atoms with E-state index in [1.165, 1.54) is 10.7 Å². The maximum absolute atomic E-state index is 14.0. The second-order valence-corrected chi connectivity index (χ2v) is 4.96. The third-order valence-electron chi connectivity index (χ3n) is 3.66. The SMILES string of the molecule is NNC(=O)c1nn(-c2ccc(F)cc2F)c2c1CCCC2. The fourth-order valence-electron chi connectivity index (χ4n) is 2.70. The molecule has 21 heavy (non-hydrogen) atoms. The minimum Gasteiger partial charge on any atom is -0.289 e. The maximum Gasteiger partial charge on any atom is 0.285 e. The molecular weight excluding hydrogens is 278 g/mol. The van der Waals surface area contributed by atoms with E-state index in [9.17, 15) is 13.6 Å². The normalized spacial score (nSPS) is 13.9. The summed E-state index contributed by atoms with van der Waals surface area (Å²) in [4.78, 5) is 11.8. The summed E-state index contributed by atoms with van der Waals surface area (Å²) in [6.45, 7) is 0. The highest BCUT2D eigenvalue weighted by atomic mass is 19.1. The van der Waals surface area contributed by atoms with Gasteiger partial charge in [-0.05, 0) is 37.8 Å². The van der Waals surface area contributed by atoms with E-state index in [-0.39, 0.29) is 11.4 Å². The summed E-state index contributed by atoms with van der Waals surface area (Å²) < 4.78 is 28.4. The van der Waals surface area contributed by atoms with Crippen LogP contribution in [0.2, 0.25) is 0 Å². The Morgan fingerprint density at radius 1 is 1.29 bits per heavy atom. The number of carbonyl (C=O) groups is 1. The van der Waals surface area contributed by atoms with Gasteiger partial charge in [0.15, 0.2) is 11.5 Å². The van der Waals surface area contributed by atoms with Gasteiger partial charge < -0.3 is 0 Å². The molecule has 1 aliphatic rings. The van der Waals surface area contributed by atoms with E-state index in [2.05, 4.69) is 10.5 Å². The quantitative estimate of drug-likeness (QED) is 0.502. The number of aromatic nitrogens is 2. The Labute approximate surface area is 119 Å². The van der Waals surface area contributed by atoms with E-state index in [1.807, 2.05) is 0 Å². The van der Waals surface area contributed by atoms with Crippen molar-refractivity contribution < 1.29 is 13.6 Å². The van der Waals surface area contributed by atoms with Crippen molar-refractivity contribution in [3.8, 4) is 5.69 Å². The first-order valence-electron chi connectivity index (χ1n) is 6.69. The summed E-state index contributed by atoms with van der Waals surface area (Å²) in [7, 11) is 0. The van der Waals surface area contributed by atoms with Crippen LogP contribution in [0.5, 0.6) is 0 Å². The van der Waals surface area contributed by atoms with Crippen LogP contribution in [0, 0.1) is 11.6 Å². The van der Waals surface area contributed by atoms with Crippen molar-refractivity contribution in [3.63, 3.8) is 0 Å². The lowest BCUT2D eigenvalue weighted by Crippen LogP contribution is -2.31. The number of hydrogen-bond acceptors (Lipinski definition) is 3. The third kappa shape index (κ3) is 2.29. The molecule has 0 saturated carbocycles. The first-order valence-corrected chi connectivity index (χ1v) is 6.69. The van der Waals surface area contributed by atoms with E-state index in [0.29, 0.717) is 12.8 Å². The molecule has 2 aromatic rings. The number of nitrogens with zero attached hydrogens (tertiary/aromatic N) is 2. The van der Waals surface area contributed by atoms with Gasteiger partial charge in [-0.1, -0.05) is 0 Å². The molecule has 0 atom stereocenters. The molecule has 7 heteroatoms. The van der Waals surface area contributed by atoms with Gasteiger partial charge in [0.05, 0.1) is 0 Å². The summed E-state index contributed by atoms with van der Waals surface area (Å²) >= 11 is 0. The number of benzene rings is 1. The Morgan fingerprint density at radius 3 is 2.76 bits per heavy atom.